The van der Waals surface area contributed by atoms with Crippen LogP contribution in [0.5, 0.6) is 0 Å². The third-order valence-corrected chi connectivity index (χ3v) is 5.47. The van der Waals surface area contributed by atoms with Crippen molar-refractivity contribution >= 4 is 0 Å². The summed E-state index contributed by atoms with van der Waals surface area (Å²) in [6.07, 6.45) is 9.07. The molecule has 5 atom stereocenters. The summed E-state index contributed by atoms with van der Waals surface area (Å²) in [5.74, 6) is 2.57. The highest BCUT2D eigenvalue weighted by molar-refractivity contribution is 5.38. The van der Waals surface area contributed by atoms with Crippen LogP contribution in [0, 0.1) is 23.2 Å². The van der Waals surface area contributed by atoms with E-state index in [0.717, 1.165) is 11.8 Å². The van der Waals surface area contributed by atoms with Gasteiger partial charge >= 0.3 is 0 Å². The number of aliphatic hydroxyl groups excluding tert-OH is 1. The largest absolute Gasteiger partial charge is 0.389 e. The van der Waals surface area contributed by atoms with Gasteiger partial charge in [0.2, 0.25) is 0 Å². The molecule has 0 amide bonds. The van der Waals surface area contributed by atoms with Gasteiger partial charge in [-0.15, -0.1) is 0 Å². The topological polar surface area (TPSA) is 20.2 Å². The molecule has 0 aromatic heterocycles. The molecule has 4 aliphatic rings. The average molecular weight is 176 g/mol. The summed E-state index contributed by atoms with van der Waals surface area (Å²) < 4.78 is 0. The minimum absolute atomic E-state index is 0.0767. The van der Waals surface area contributed by atoms with Crippen molar-refractivity contribution in [1.82, 2.24) is 0 Å². The summed E-state index contributed by atoms with van der Waals surface area (Å²) in [6.45, 7) is 0. The maximum absolute atomic E-state index is 9.91. The summed E-state index contributed by atoms with van der Waals surface area (Å²) in [6, 6.07) is 0. The third-order valence-electron chi connectivity index (χ3n) is 5.47. The van der Waals surface area contributed by atoms with E-state index in [1.807, 2.05) is 0 Å². The zero-order valence-corrected chi connectivity index (χ0v) is 7.87. The molecule has 1 unspecified atom stereocenters. The summed E-state index contributed by atoms with van der Waals surface area (Å²) in [5.41, 5.74) is 2.21. The Kier molecular flexibility index (Phi) is 1.02. The van der Waals surface area contributed by atoms with Gasteiger partial charge in [0.25, 0.3) is 0 Å². The first-order valence-electron chi connectivity index (χ1n) is 5.72. The van der Waals surface area contributed by atoms with Gasteiger partial charge in [-0.25, -0.2) is 0 Å². The lowest BCUT2D eigenvalue weighted by Crippen LogP contribution is -2.49. The van der Waals surface area contributed by atoms with E-state index in [-0.39, 0.29) is 6.10 Å². The van der Waals surface area contributed by atoms with Crippen LogP contribution in [0.25, 0.3) is 0 Å². The predicted molar refractivity (Wildman–Crippen MR) is 50.1 cm³/mol. The first kappa shape index (κ1) is 7.05. The lowest BCUT2D eigenvalue weighted by Gasteiger charge is -2.52. The van der Waals surface area contributed by atoms with Crippen LogP contribution < -0.4 is 0 Å². The molecule has 4 aliphatic carbocycles. The van der Waals surface area contributed by atoms with E-state index in [0.29, 0.717) is 11.3 Å². The Bertz CT molecular complexity index is 306. The minimum Gasteiger partial charge on any atom is -0.389 e. The molecule has 1 N–H and O–H groups in total. The number of rotatable bonds is 0. The maximum Gasteiger partial charge on any atom is 0.0760 e. The fraction of sp³-hybridized carbons (Fsp3) is 0.833. The van der Waals surface area contributed by atoms with E-state index in [4.69, 9.17) is 0 Å². The molecule has 0 aromatic carbocycles. The first-order chi connectivity index (χ1) is 6.33. The maximum atomic E-state index is 9.91. The highest BCUT2D eigenvalue weighted by atomic mass is 16.3. The van der Waals surface area contributed by atoms with Gasteiger partial charge in [0.1, 0.15) is 0 Å². The smallest absolute Gasteiger partial charge is 0.0760 e. The molecule has 0 radical (unpaired) electrons. The van der Waals surface area contributed by atoms with Crippen molar-refractivity contribution in [3.8, 4) is 0 Å². The van der Waals surface area contributed by atoms with Gasteiger partial charge in [-0.2, -0.15) is 0 Å². The van der Waals surface area contributed by atoms with E-state index >= 15 is 0 Å². The zero-order chi connectivity index (χ0) is 8.63. The molecule has 1 spiro atoms. The molecule has 3 saturated carbocycles. The Morgan fingerprint density at radius 1 is 1.23 bits per heavy atom. The Balaban J connectivity index is 1.90. The number of hydrogen-bond acceptors (Lipinski definition) is 1. The fourth-order valence-corrected chi connectivity index (χ4v) is 5.14. The van der Waals surface area contributed by atoms with E-state index in [9.17, 15) is 5.11 Å². The van der Waals surface area contributed by atoms with Crippen molar-refractivity contribution < 1.29 is 5.11 Å². The summed E-state index contributed by atoms with van der Waals surface area (Å²) >= 11 is 0. The molecule has 70 valence electrons. The normalized spacial score (nSPS) is 61.5. The van der Waals surface area contributed by atoms with Gasteiger partial charge in [-0.1, -0.05) is 11.6 Å². The number of hydrogen-bond donors (Lipinski definition) is 1. The highest BCUT2D eigenvalue weighted by Gasteiger charge is 2.69. The van der Waals surface area contributed by atoms with Crippen molar-refractivity contribution in [3.05, 3.63) is 11.6 Å². The van der Waals surface area contributed by atoms with Crippen molar-refractivity contribution in [2.75, 3.05) is 0 Å². The summed E-state index contributed by atoms with van der Waals surface area (Å²) in [5, 5.41) is 9.91. The molecule has 13 heavy (non-hydrogen) atoms. The van der Waals surface area contributed by atoms with Crippen LogP contribution in [-0.4, -0.2) is 11.2 Å². The van der Waals surface area contributed by atoms with Crippen molar-refractivity contribution in [2.45, 2.75) is 38.2 Å². The van der Waals surface area contributed by atoms with Gasteiger partial charge < -0.3 is 5.11 Å². The molecule has 0 saturated heterocycles. The number of aliphatic hydroxyl groups is 1. The van der Waals surface area contributed by atoms with E-state index in [1.165, 1.54) is 32.1 Å². The van der Waals surface area contributed by atoms with Crippen LogP contribution in [0.2, 0.25) is 0 Å². The van der Waals surface area contributed by atoms with Crippen LogP contribution in [0.4, 0.5) is 0 Å². The van der Waals surface area contributed by atoms with E-state index in [2.05, 4.69) is 6.08 Å². The monoisotopic (exact) mass is 176 g/mol. The van der Waals surface area contributed by atoms with Crippen molar-refractivity contribution in [1.29, 1.82) is 0 Å². The quantitative estimate of drug-likeness (QED) is 0.560. The van der Waals surface area contributed by atoms with Crippen LogP contribution in [0.1, 0.15) is 32.1 Å². The van der Waals surface area contributed by atoms with Crippen LogP contribution in [-0.2, 0) is 0 Å². The molecular formula is C12H16O. The van der Waals surface area contributed by atoms with Gasteiger partial charge in [0.05, 0.1) is 6.10 Å². The van der Waals surface area contributed by atoms with Gasteiger partial charge in [-0.05, 0) is 49.9 Å². The first-order valence-corrected chi connectivity index (χ1v) is 5.72. The Labute approximate surface area is 78.8 Å². The molecule has 0 aliphatic heterocycles. The van der Waals surface area contributed by atoms with Gasteiger partial charge in [0.15, 0.2) is 0 Å². The molecule has 1 heteroatoms. The summed E-state index contributed by atoms with van der Waals surface area (Å²) in [7, 11) is 0. The summed E-state index contributed by atoms with van der Waals surface area (Å²) in [4.78, 5) is 0. The second kappa shape index (κ2) is 1.88. The fourth-order valence-electron chi connectivity index (χ4n) is 5.14. The van der Waals surface area contributed by atoms with Gasteiger partial charge in [0, 0.05) is 5.41 Å². The zero-order valence-electron chi connectivity index (χ0n) is 7.87. The Hall–Kier alpha value is -0.300. The molecule has 1 nitrogen and oxygen atoms in total. The standard InChI is InChI=1S/C12H16O/c13-11-6-9-4-2-7-1-3-8-5-10(11)12(7,8)9/h6-8,10-11,13H,1-5H2/t7-,8-,10+,11+,12?/m1/s1. The average Bonchev–Trinajstić information content (AvgIpc) is 2.59. The van der Waals surface area contributed by atoms with Gasteiger partial charge in [-0.3, -0.25) is 0 Å². The van der Waals surface area contributed by atoms with Crippen molar-refractivity contribution in [3.63, 3.8) is 0 Å². The molecule has 0 heterocycles. The molecule has 3 fully saturated rings. The lowest BCUT2D eigenvalue weighted by atomic mass is 9.52. The van der Waals surface area contributed by atoms with Crippen molar-refractivity contribution in [2.24, 2.45) is 23.2 Å². The lowest BCUT2D eigenvalue weighted by molar-refractivity contribution is -0.0526. The highest BCUT2D eigenvalue weighted by Crippen LogP contribution is 2.75. The van der Waals surface area contributed by atoms with Crippen LogP contribution >= 0.6 is 0 Å². The Morgan fingerprint density at radius 3 is 3.00 bits per heavy atom. The third kappa shape index (κ3) is 0.527. The number of allylic oxidation sites excluding steroid dienone is 1. The SMILES string of the molecule is O[C@H]1C=C2CC[C@H]3CC[C@@H]4C[C@@H]1C234. The second-order valence-corrected chi connectivity index (χ2v) is 5.47. The second-order valence-electron chi connectivity index (χ2n) is 5.47. The van der Waals surface area contributed by atoms with Crippen LogP contribution in [0.3, 0.4) is 0 Å². The van der Waals surface area contributed by atoms with E-state index < -0.39 is 0 Å². The van der Waals surface area contributed by atoms with Crippen LogP contribution in [0.15, 0.2) is 11.6 Å². The Morgan fingerprint density at radius 2 is 2.08 bits per heavy atom. The predicted octanol–water partition coefficient (Wildman–Crippen LogP) is 2.11. The molecule has 0 bridgehead atoms. The molecule has 4 rings (SSSR count). The van der Waals surface area contributed by atoms with E-state index in [1.54, 1.807) is 5.57 Å². The molecule has 0 aromatic rings. The molecular weight excluding hydrogens is 160 g/mol. The minimum atomic E-state index is -0.0767.